The van der Waals surface area contributed by atoms with Crippen LogP contribution in [0, 0.1) is 5.92 Å². The van der Waals surface area contributed by atoms with Crippen molar-refractivity contribution in [3.63, 3.8) is 0 Å². The Morgan fingerprint density at radius 2 is 1.74 bits per heavy atom. The highest BCUT2D eigenvalue weighted by Gasteiger charge is 2.47. The van der Waals surface area contributed by atoms with Crippen LogP contribution in [0.25, 0.3) is 0 Å². The molecule has 1 N–H and O–H groups in total. The standard InChI is InChI=1S/C22H35N/c1-8-18(5)17-21(7,23-19(6)9-2)22(10-3,11-4)20-15-13-12-14-16-20/h9,12-16,18,23H,2,6,8,10-11,17H2,1,3-5,7H3. The second-order valence-electron chi connectivity index (χ2n) is 7.06. The van der Waals surface area contributed by atoms with Gasteiger partial charge in [0.1, 0.15) is 0 Å². The molecule has 0 aliphatic heterocycles. The van der Waals surface area contributed by atoms with E-state index >= 15 is 0 Å². The van der Waals surface area contributed by atoms with Crippen molar-refractivity contribution in [2.24, 2.45) is 5.92 Å². The molecule has 0 saturated carbocycles. The molecule has 1 rings (SSSR count). The van der Waals surface area contributed by atoms with E-state index in [2.05, 4.69) is 83.4 Å². The molecule has 1 aromatic rings. The lowest BCUT2D eigenvalue weighted by atomic mass is 9.60. The average Bonchev–Trinajstić information content (AvgIpc) is 2.56. The van der Waals surface area contributed by atoms with Crippen molar-refractivity contribution in [3.05, 3.63) is 60.8 Å². The van der Waals surface area contributed by atoms with Gasteiger partial charge in [0.2, 0.25) is 0 Å². The first kappa shape index (κ1) is 19.5. The zero-order valence-electron chi connectivity index (χ0n) is 15.8. The van der Waals surface area contributed by atoms with Crippen LogP contribution in [0.4, 0.5) is 0 Å². The molecule has 0 aliphatic rings. The monoisotopic (exact) mass is 313 g/mol. The van der Waals surface area contributed by atoms with Gasteiger partial charge in [-0.1, -0.05) is 77.6 Å². The normalized spacial score (nSPS) is 15.5. The quantitative estimate of drug-likeness (QED) is 0.505. The summed E-state index contributed by atoms with van der Waals surface area (Å²) < 4.78 is 0. The number of allylic oxidation sites excluding steroid dienone is 1. The minimum Gasteiger partial charge on any atom is -0.379 e. The first-order valence-electron chi connectivity index (χ1n) is 9.04. The summed E-state index contributed by atoms with van der Waals surface area (Å²) >= 11 is 0. The maximum absolute atomic E-state index is 4.14. The van der Waals surface area contributed by atoms with Crippen molar-refractivity contribution in [1.29, 1.82) is 0 Å². The molecule has 1 heteroatoms. The Kier molecular flexibility index (Phi) is 7.12. The van der Waals surface area contributed by atoms with E-state index in [1.165, 1.54) is 12.0 Å². The third kappa shape index (κ3) is 4.07. The summed E-state index contributed by atoms with van der Waals surface area (Å²) in [5, 5.41) is 3.74. The molecule has 0 bridgehead atoms. The molecule has 2 unspecified atom stereocenters. The number of hydrogen-bond acceptors (Lipinski definition) is 1. The smallest absolute Gasteiger partial charge is 0.0444 e. The lowest BCUT2D eigenvalue weighted by Crippen LogP contribution is -2.58. The molecule has 1 aromatic carbocycles. The number of hydrogen-bond donors (Lipinski definition) is 1. The third-order valence-corrected chi connectivity index (χ3v) is 5.73. The van der Waals surface area contributed by atoms with Gasteiger partial charge in [-0.2, -0.15) is 0 Å². The fraction of sp³-hybridized carbons (Fsp3) is 0.545. The molecule has 0 radical (unpaired) electrons. The Bertz CT molecular complexity index is 498. The highest BCUT2D eigenvalue weighted by molar-refractivity contribution is 5.32. The largest absolute Gasteiger partial charge is 0.379 e. The first-order chi connectivity index (χ1) is 10.9. The SMILES string of the molecule is C=CC(=C)NC(C)(CC(C)CC)C(CC)(CC)c1ccccc1. The van der Waals surface area contributed by atoms with E-state index in [1.807, 2.05) is 6.08 Å². The maximum Gasteiger partial charge on any atom is 0.0444 e. The molecular formula is C22H35N. The van der Waals surface area contributed by atoms with Crippen LogP contribution in [0.1, 0.15) is 65.9 Å². The summed E-state index contributed by atoms with van der Waals surface area (Å²) in [7, 11) is 0. The van der Waals surface area contributed by atoms with E-state index in [4.69, 9.17) is 0 Å². The highest BCUT2D eigenvalue weighted by atomic mass is 15.0. The van der Waals surface area contributed by atoms with Crippen LogP contribution in [-0.4, -0.2) is 5.54 Å². The molecule has 23 heavy (non-hydrogen) atoms. The van der Waals surface area contributed by atoms with Crippen LogP contribution >= 0.6 is 0 Å². The van der Waals surface area contributed by atoms with Crippen LogP contribution in [0.15, 0.2) is 55.3 Å². The molecule has 0 amide bonds. The van der Waals surface area contributed by atoms with Gasteiger partial charge in [-0.25, -0.2) is 0 Å². The molecule has 0 heterocycles. The summed E-state index contributed by atoms with van der Waals surface area (Å²) in [5.74, 6) is 0.659. The predicted molar refractivity (Wildman–Crippen MR) is 104 cm³/mol. The highest BCUT2D eigenvalue weighted by Crippen LogP contribution is 2.45. The van der Waals surface area contributed by atoms with Gasteiger partial charge in [-0.15, -0.1) is 0 Å². The summed E-state index contributed by atoms with van der Waals surface area (Å²) in [6.45, 7) is 19.6. The maximum atomic E-state index is 4.14. The summed E-state index contributed by atoms with van der Waals surface area (Å²) in [6, 6.07) is 11.0. The topological polar surface area (TPSA) is 12.0 Å². The number of benzene rings is 1. The zero-order valence-corrected chi connectivity index (χ0v) is 15.8. The molecule has 1 nitrogen and oxygen atoms in total. The first-order valence-corrected chi connectivity index (χ1v) is 9.04. The molecule has 128 valence electrons. The van der Waals surface area contributed by atoms with E-state index in [0.717, 1.165) is 25.0 Å². The summed E-state index contributed by atoms with van der Waals surface area (Å²) in [6.07, 6.45) is 6.33. The molecule has 0 aromatic heterocycles. The minimum atomic E-state index is -0.0570. The van der Waals surface area contributed by atoms with Crippen molar-refractivity contribution in [2.45, 2.75) is 71.3 Å². The lowest BCUT2D eigenvalue weighted by molar-refractivity contribution is 0.147. The van der Waals surface area contributed by atoms with Gasteiger partial charge < -0.3 is 5.32 Å². The van der Waals surface area contributed by atoms with E-state index in [9.17, 15) is 0 Å². The van der Waals surface area contributed by atoms with E-state index in [1.54, 1.807) is 0 Å². The van der Waals surface area contributed by atoms with Crippen molar-refractivity contribution < 1.29 is 0 Å². The minimum absolute atomic E-state index is 0.0570. The van der Waals surface area contributed by atoms with E-state index in [-0.39, 0.29) is 11.0 Å². The van der Waals surface area contributed by atoms with Crippen LogP contribution < -0.4 is 5.32 Å². The van der Waals surface area contributed by atoms with E-state index in [0.29, 0.717) is 5.92 Å². The fourth-order valence-electron chi connectivity index (χ4n) is 4.13. The third-order valence-electron chi connectivity index (χ3n) is 5.73. The average molecular weight is 314 g/mol. The molecule has 0 spiro atoms. The Hall–Kier alpha value is -1.50. The van der Waals surface area contributed by atoms with Crippen LogP contribution in [-0.2, 0) is 5.41 Å². The van der Waals surface area contributed by atoms with Gasteiger partial charge in [0.15, 0.2) is 0 Å². The second-order valence-corrected chi connectivity index (χ2v) is 7.06. The predicted octanol–water partition coefficient (Wildman–Crippen LogP) is 6.23. The van der Waals surface area contributed by atoms with Crippen LogP contribution in [0.2, 0.25) is 0 Å². The number of rotatable bonds is 10. The Labute approximate surface area is 143 Å². The molecule has 0 aliphatic carbocycles. The Morgan fingerprint density at radius 3 is 2.17 bits per heavy atom. The fourth-order valence-corrected chi connectivity index (χ4v) is 4.13. The van der Waals surface area contributed by atoms with Gasteiger partial charge in [0.25, 0.3) is 0 Å². The molecule has 0 fully saturated rings. The van der Waals surface area contributed by atoms with Crippen molar-refractivity contribution in [1.82, 2.24) is 5.32 Å². The lowest BCUT2D eigenvalue weighted by Gasteiger charge is -2.51. The van der Waals surface area contributed by atoms with Gasteiger partial charge in [0, 0.05) is 16.7 Å². The van der Waals surface area contributed by atoms with Crippen LogP contribution in [0.5, 0.6) is 0 Å². The molecular weight excluding hydrogens is 278 g/mol. The summed E-state index contributed by atoms with van der Waals surface area (Å²) in [4.78, 5) is 0. The van der Waals surface area contributed by atoms with E-state index < -0.39 is 0 Å². The van der Waals surface area contributed by atoms with Gasteiger partial charge in [-0.3, -0.25) is 0 Å². The molecule has 2 atom stereocenters. The Morgan fingerprint density at radius 1 is 1.17 bits per heavy atom. The van der Waals surface area contributed by atoms with Gasteiger partial charge >= 0.3 is 0 Å². The van der Waals surface area contributed by atoms with Crippen molar-refractivity contribution >= 4 is 0 Å². The van der Waals surface area contributed by atoms with Crippen molar-refractivity contribution in [2.75, 3.05) is 0 Å². The number of nitrogens with one attached hydrogen (secondary N) is 1. The molecule has 0 saturated heterocycles. The van der Waals surface area contributed by atoms with Crippen molar-refractivity contribution in [3.8, 4) is 0 Å². The Balaban J connectivity index is 3.43. The summed E-state index contributed by atoms with van der Waals surface area (Å²) in [5.41, 5.74) is 2.35. The second kappa shape index (κ2) is 8.38. The van der Waals surface area contributed by atoms with Gasteiger partial charge in [-0.05, 0) is 43.7 Å². The zero-order chi connectivity index (χ0) is 17.5. The van der Waals surface area contributed by atoms with Gasteiger partial charge in [0.05, 0.1) is 0 Å². The van der Waals surface area contributed by atoms with Crippen LogP contribution in [0.3, 0.4) is 0 Å².